The van der Waals surface area contributed by atoms with E-state index < -0.39 is 11.7 Å². The number of alkyl carbamates (subject to hydrolysis) is 1. The minimum atomic E-state index is -0.534. The van der Waals surface area contributed by atoms with Gasteiger partial charge in [0, 0.05) is 23.7 Å². The van der Waals surface area contributed by atoms with Crippen molar-refractivity contribution in [2.45, 2.75) is 39.8 Å². The molecule has 21 heavy (non-hydrogen) atoms. The van der Waals surface area contributed by atoms with E-state index in [0.717, 1.165) is 5.01 Å². The van der Waals surface area contributed by atoms with Gasteiger partial charge in [-0.25, -0.2) is 9.78 Å². The topological polar surface area (TPSA) is 80.3 Å². The Balaban J connectivity index is 2.31. The smallest absolute Gasteiger partial charge is 0.407 e. The fourth-order valence-corrected chi connectivity index (χ4v) is 1.89. The van der Waals surface area contributed by atoms with Crippen LogP contribution in [0.1, 0.15) is 32.7 Å². The van der Waals surface area contributed by atoms with Crippen molar-refractivity contribution in [3.8, 4) is 0 Å². The molecule has 0 aromatic carbocycles. The van der Waals surface area contributed by atoms with E-state index in [1.54, 1.807) is 40.0 Å². The summed E-state index contributed by atoms with van der Waals surface area (Å²) in [7, 11) is 0. The van der Waals surface area contributed by atoms with E-state index in [1.807, 2.05) is 5.38 Å². The molecule has 0 fully saturated rings. The van der Waals surface area contributed by atoms with Crippen molar-refractivity contribution in [1.29, 1.82) is 0 Å². The lowest BCUT2D eigenvalue weighted by Gasteiger charge is -2.19. The Morgan fingerprint density at radius 1 is 1.38 bits per heavy atom. The number of amides is 2. The molecule has 116 valence electrons. The number of rotatable bonds is 5. The summed E-state index contributed by atoms with van der Waals surface area (Å²) in [6, 6.07) is 0. The average Bonchev–Trinajstić information content (AvgIpc) is 2.86. The minimum Gasteiger partial charge on any atom is -0.444 e. The van der Waals surface area contributed by atoms with Gasteiger partial charge in [-0.15, -0.1) is 11.3 Å². The van der Waals surface area contributed by atoms with Gasteiger partial charge in [0.1, 0.15) is 10.6 Å². The predicted molar refractivity (Wildman–Crippen MR) is 82.0 cm³/mol. The number of nitrogens with zero attached hydrogens (tertiary/aromatic N) is 1. The fourth-order valence-electron chi connectivity index (χ4n) is 1.33. The molecule has 1 rings (SSSR count). The molecule has 0 aliphatic rings. The maximum Gasteiger partial charge on any atom is 0.407 e. The van der Waals surface area contributed by atoms with Crippen molar-refractivity contribution in [2.24, 2.45) is 0 Å². The highest BCUT2D eigenvalue weighted by molar-refractivity contribution is 7.09. The van der Waals surface area contributed by atoms with Crippen molar-refractivity contribution in [1.82, 2.24) is 15.6 Å². The van der Waals surface area contributed by atoms with Crippen LogP contribution >= 0.6 is 11.3 Å². The maximum absolute atomic E-state index is 11.8. The Morgan fingerprint density at radius 2 is 2.10 bits per heavy atom. The number of nitrogens with one attached hydrogen (secondary N) is 2. The van der Waals surface area contributed by atoms with Gasteiger partial charge < -0.3 is 15.4 Å². The van der Waals surface area contributed by atoms with Gasteiger partial charge in [-0.05, 0) is 27.7 Å². The SMILES string of the molecule is CC(=CCNC(=O)OC(C)(C)C)C(=O)NCc1nccs1. The molecule has 0 saturated carbocycles. The molecule has 7 heteroatoms. The molecule has 0 unspecified atom stereocenters. The lowest BCUT2D eigenvalue weighted by atomic mass is 10.2. The summed E-state index contributed by atoms with van der Waals surface area (Å²) in [5, 5.41) is 8.03. The van der Waals surface area contributed by atoms with Crippen LogP contribution in [0.2, 0.25) is 0 Å². The second-order valence-corrected chi connectivity index (χ2v) is 6.36. The number of thiazole rings is 1. The maximum atomic E-state index is 11.8. The van der Waals surface area contributed by atoms with Crippen molar-refractivity contribution in [2.75, 3.05) is 6.54 Å². The largest absolute Gasteiger partial charge is 0.444 e. The summed E-state index contributed by atoms with van der Waals surface area (Å²) in [6.07, 6.45) is 2.83. The van der Waals surface area contributed by atoms with E-state index >= 15 is 0 Å². The average molecular weight is 311 g/mol. The van der Waals surface area contributed by atoms with Crippen molar-refractivity contribution in [3.63, 3.8) is 0 Å². The Hall–Kier alpha value is -1.89. The Labute approximate surface area is 128 Å². The number of carbonyl (C=O) groups is 2. The highest BCUT2D eigenvalue weighted by atomic mass is 32.1. The highest BCUT2D eigenvalue weighted by Gasteiger charge is 2.15. The first-order chi connectivity index (χ1) is 9.78. The first-order valence-electron chi connectivity index (χ1n) is 6.58. The summed E-state index contributed by atoms with van der Waals surface area (Å²) in [4.78, 5) is 27.3. The van der Waals surface area contributed by atoms with Gasteiger partial charge in [-0.2, -0.15) is 0 Å². The molecular formula is C14H21N3O3S. The van der Waals surface area contributed by atoms with Crippen molar-refractivity contribution in [3.05, 3.63) is 28.2 Å². The molecule has 0 aliphatic heterocycles. The Kier molecular flexibility index (Phi) is 6.36. The van der Waals surface area contributed by atoms with E-state index in [9.17, 15) is 9.59 Å². The minimum absolute atomic E-state index is 0.184. The molecule has 1 heterocycles. The summed E-state index contributed by atoms with van der Waals surface area (Å²) < 4.78 is 5.09. The lowest BCUT2D eigenvalue weighted by molar-refractivity contribution is -0.117. The van der Waals surface area contributed by atoms with Gasteiger partial charge in [0.15, 0.2) is 0 Å². The zero-order valence-corrected chi connectivity index (χ0v) is 13.5. The number of hydrogen-bond acceptors (Lipinski definition) is 5. The molecule has 0 radical (unpaired) electrons. The van der Waals surface area contributed by atoms with E-state index in [-0.39, 0.29) is 12.5 Å². The third kappa shape index (κ3) is 7.45. The second-order valence-electron chi connectivity index (χ2n) is 5.38. The molecular weight excluding hydrogens is 290 g/mol. The van der Waals surface area contributed by atoms with E-state index in [4.69, 9.17) is 4.74 Å². The van der Waals surface area contributed by atoms with Gasteiger partial charge in [-0.3, -0.25) is 4.79 Å². The van der Waals surface area contributed by atoms with Crippen LogP contribution in [-0.2, 0) is 16.1 Å². The standard InChI is InChI=1S/C14H21N3O3S/c1-10(5-6-16-13(19)20-14(2,3)4)12(18)17-9-11-15-7-8-21-11/h5,7-8H,6,9H2,1-4H3,(H,16,19)(H,17,18). The van der Waals surface area contributed by atoms with E-state index in [2.05, 4.69) is 15.6 Å². The molecule has 0 bridgehead atoms. The van der Waals surface area contributed by atoms with E-state index in [1.165, 1.54) is 11.3 Å². The third-order valence-corrected chi connectivity index (χ3v) is 3.07. The third-order valence-electron chi connectivity index (χ3n) is 2.30. The number of ether oxygens (including phenoxy) is 1. The lowest BCUT2D eigenvalue weighted by Crippen LogP contribution is -2.33. The molecule has 2 amide bonds. The monoisotopic (exact) mass is 311 g/mol. The number of carbonyl (C=O) groups excluding carboxylic acids is 2. The van der Waals surface area contributed by atoms with Crippen LogP contribution in [0.4, 0.5) is 4.79 Å². The van der Waals surface area contributed by atoms with Crippen LogP contribution in [0.15, 0.2) is 23.2 Å². The quantitative estimate of drug-likeness (QED) is 0.817. The van der Waals surface area contributed by atoms with Gasteiger partial charge in [0.2, 0.25) is 5.91 Å². The molecule has 1 aromatic heterocycles. The molecule has 0 saturated heterocycles. The van der Waals surface area contributed by atoms with Crippen LogP contribution < -0.4 is 10.6 Å². The van der Waals surface area contributed by atoms with Gasteiger partial charge in [0.25, 0.3) is 0 Å². The van der Waals surface area contributed by atoms with Crippen molar-refractivity contribution < 1.29 is 14.3 Å². The molecule has 0 atom stereocenters. The summed E-state index contributed by atoms with van der Waals surface area (Å²) in [5.74, 6) is -0.184. The predicted octanol–water partition coefficient (Wildman–Crippen LogP) is 2.23. The summed E-state index contributed by atoms with van der Waals surface area (Å²) >= 11 is 1.48. The highest BCUT2D eigenvalue weighted by Crippen LogP contribution is 2.06. The van der Waals surface area contributed by atoms with E-state index in [0.29, 0.717) is 12.1 Å². The second kappa shape index (κ2) is 7.78. The zero-order chi connectivity index (χ0) is 15.9. The molecule has 0 spiro atoms. The first kappa shape index (κ1) is 17.2. The summed E-state index contributed by atoms with van der Waals surface area (Å²) in [5.41, 5.74) is -0.00361. The number of hydrogen-bond donors (Lipinski definition) is 2. The van der Waals surface area contributed by atoms with Gasteiger partial charge in [-0.1, -0.05) is 6.08 Å². The molecule has 6 nitrogen and oxygen atoms in total. The first-order valence-corrected chi connectivity index (χ1v) is 7.46. The molecule has 0 aliphatic carbocycles. The summed E-state index contributed by atoms with van der Waals surface area (Å²) in [6.45, 7) is 7.71. The Morgan fingerprint density at radius 3 is 2.67 bits per heavy atom. The molecule has 1 aromatic rings. The van der Waals surface area contributed by atoms with Crippen LogP contribution in [0.3, 0.4) is 0 Å². The zero-order valence-electron chi connectivity index (χ0n) is 12.7. The van der Waals surface area contributed by atoms with Gasteiger partial charge >= 0.3 is 6.09 Å². The molecule has 2 N–H and O–H groups in total. The normalized spacial score (nSPS) is 11.9. The number of aromatic nitrogens is 1. The van der Waals surface area contributed by atoms with Crippen LogP contribution in [-0.4, -0.2) is 29.1 Å². The van der Waals surface area contributed by atoms with Crippen LogP contribution in [0.5, 0.6) is 0 Å². The Bertz CT molecular complexity index is 504. The van der Waals surface area contributed by atoms with Gasteiger partial charge in [0.05, 0.1) is 6.54 Å². The van der Waals surface area contributed by atoms with Crippen molar-refractivity contribution >= 4 is 23.3 Å². The van der Waals surface area contributed by atoms with Crippen LogP contribution in [0, 0.1) is 0 Å². The van der Waals surface area contributed by atoms with Crippen LogP contribution in [0.25, 0.3) is 0 Å². The fraction of sp³-hybridized carbons (Fsp3) is 0.500.